The van der Waals surface area contributed by atoms with Crippen LogP contribution in [-0.2, 0) is 11.5 Å². The van der Waals surface area contributed by atoms with Crippen LogP contribution in [0.15, 0.2) is 61.3 Å². The van der Waals surface area contributed by atoms with E-state index in [0.717, 1.165) is 40.5 Å². The molecule has 0 saturated carbocycles. The topological polar surface area (TPSA) is 78.0 Å². The molecule has 1 unspecified atom stereocenters. The summed E-state index contributed by atoms with van der Waals surface area (Å²) in [5, 5.41) is 15.2. The first-order valence-electron chi connectivity index (χ1n) is 11.0. The molecule has 4 rings (SSSR count). The van der Waals surface area contributed by atoms with Crippen LogP contribution in [0.3, 0.4) is 0 Å². The third kappa shape index (κ3) is 5.15. The maximum Gasteiger partial charge on any atom is 0.145 e. The number of fused-ring (bicyclic) bond motifs is 1. The second-order valence-corrected chi connectivity index (χ2v) is 14.9. The number of rotatable bonds is 10. The number of hydrogen-bond donors (Lipinski definition) is 1. The summed E-state index contributed by atoms with van der Waals surface area (Å²) in [6, 6.07) is 13.3. The summed E-state index contributed by atoms with van der Waals surface area (Å²) in [6.45, 7) is 8.40. The molecule has 0 bridgehead atoms. The monoisotopic (exact) mass is 449 g/mol. The number of aliphatic hydroxyl groups is 1. The maximum atomic E-state index is 9.59. The average molecular weight is 450 g/mol. The maximum absolute atomic E-state index is 9.59. The normalized spacial score (nSPS) is 13.0. The van der Waals surface area contributed by atoms with Crippen LogP contribution < -0.4 is 0 Å². The van der Waals surface area contributed by atoms with Crippen molar-refractivity contribution < 1.29 is 9.84 Å². The molecule has 3 aromatic heterocycles. The minimum Gasteiger partial charge on any atom is -0.396 e. The highest BCUT2D eigenvalue weighted by molar-refractivity contribution is 6.76. The summed E-state index contributed by atoms with van der Waals surface area (Å²) in [4.78, 5) is 9.04. The quantitative estimate of drug-likeness (QED) is 0.283. The summed E-state index contributed by atoms with van der Waals surface area (Å²) in [5.74, 6) is 0. The zero-order valence-electron chi connectivity index (χ0n) is 19.0. The molecule has 0 fully saturated rings. The Kier molecular flexibility index (Phi) is 6.83. The van der Waals surface area contributed by atoms with Crippen LogP contribution in [0.2, 0.25) is 25.7 Å². The molecule has 0 aliphatic heterocycles. The molecule has 32 heavy (non-hydrogen) atoms. The van der Waals surface area contributed by atoms with E-state index in [1.165, 1.54) is 0 Å². The average Bonchev–Trinajstić information content (AvgIpc) is 3.42. The van der Waals surface area contributed by atoms with Gasteiger partial charge in [0.1, 0.15) is 18.7 Å². The third-order valence-electron chi connectivity index (χ3n) is 5.56. The fourth-order valence-electron chi connectivity index (χ4n) is 3.76. The molecule has 0 aliphatic rings. The van der Waals surface area contributed by atoms with Gasteiger partial charge in [-0.1, -0.05) is 50.0 Å². The number of nitrogens with zero attached hydrogens (tertiary/aromatic N) is 5. The van der Waals surface area contributed by atoms with Crippen molar-refractivity contribution in [1.29, 1.82) is 0 Å². The Hall–Kier alpha value is -2.81. The van der Waals surface area contributed by atoms with Gasteiger partial charge in [0.25, 0.3) is 0 Å². The van der Waals surface area contributed by atoms with Crippen molar-refractivity contribution in [3.8, 4) is 11.3 Å². The van der Waals surface area contributed by atoms with E-state index in [2.05, 4.69) is 46.8 Å². The molecule has 4 aromatic rings. The molecule has 1 N–H and O–H groups in total. The highest BCUT2D eigenvalue weighted by atomic mass is 28.3. The van der Waals surface area contributed by atoms with Gasteiger partial charge in [-0.3, -0.25) is 4.68 Å². The van der Waals surface area contributed by atoms with Crippen LogP contribution in [0, 0.1) is 0 Å². The Morgan fingerprint density at radius 2 is 1.91 bits per heavy atom. The zero-order valence-corrected chi connectivity index (χ0v) is 20.0. The van der Waals surface area contributed by atoms with E-state index in [1.54, 1.807) is 6.33 Å². The largest absolute Gasteiger partial charge is 0.396 e. The predicted octanol–water partition coefficient (Wildman–Crippen LogP) is 4.58. The van der Waals surface area contributed by atoms with Crippen LogP contribution in [0.1, 0.15) is 18.0 Å². The standard InChI is InChI=1S/C24H31N5O2Si/c1-32(2,3)14-13-31-18-28-11-9-21-23(25-17-26-24(21)28)20-15-27-29(16-20)22(10-12-30)19-7-5-4-6-8-19/h4-9,11,15-17,22,30H,10,12-14,18H2,1-3H3. The van der Waals surface area contributed by atoms with Gasteiger partial charge in [0.15, 0.2) is 0 Å². The zero-order chi connectivity index (χ0) is 22.6. The number of aromatic nitrogens is 5. The number of aliphatic hydroxyl groups excluding tert-OH is 1. The SMILES string of the molecule is C[Si](C)(C)CCOCn1ccc2c(-c3cnn(C(CCO)c4ccccc4)c3)ncnc21. The lowest BCUT2D eigenvalue weighted by Gasteiger charge is -2.16. The molecule has 1 atom stereocenters. The van der Waals surface area contributed by atoms with Gasteiger partial charge in [0.05, 0.1) is 17.9 Å². The van der Waals surface area contributed by atoms with Crippen LogP contribution in [-0.4, -0.2) is 50.7 Å². The molecule has 0 saturated heterocycles. The van der Waals surface area contributed by atoms with Crippen molar-refractivity contribution in [2.24, 2.45) is 0 Å². The van der Waals surface area contributed by atoms with Crippen LogP contribution >= 0.6 is 0 Å². The van der Waals surface area contributed by atoms with Crippen molar-refractivity contribution in [2.45, 2.75) is 44.9 Å². The minimum atomic E-state index is -1.11. The Labute approximate surface area is 189 Å². The van der Waals surface area contributed by atoms with Gasteiger partial charge in [-0.05, 0) is 24.1 Å². The second kappa shape index (κ2) is 9.77. The molecule has 168 valence electrons. The Morgan fingerprint density at radius 3 is 2.66 bits per heavy atom. The first-order valence-corrected chi connectivity index (χ1v) is 14.7. The summed E-state index contributed by atoms with van der Waals surface area (Å²) in [7, 11) is -1.11. The smallest absolute Gasteiger partial charge is 0.145 e. The molecule has 3 heterocycles. The lowest BCUT2D eigenvalue weighted by atomic mass is 10.0. The first kappa shape index (κ1) is 22.4. The van der Waals surface area contributed by atoms with E-state index < -0.39 is 8.07 Å². The van der Waals surface area contributed by atoms with Gasteiger partial charge < -0.3 is 14.4 Å². The fourth-order valence-corrected chi connectivity index (χ4v) is 4.52. The molecule has 0 spiro atoms. The van der Waals surface area contributed by atoms with Gasteiger partial charge in [0.2, 0.25) is 0 Å². The molecule has 0 amide bonds. The minimum absolute atomic E-state index is 0.0309. The van der Waals surface area contributed by atoms with E-state index in [4.69, 9.17) is 4.74 Å². The van der Waals surface area contributed by atoms with Crippen LogP contribution in [0.5, 0.6) is 0 Å². The predicted molar refractivity (Wildman–Crippen MR) is 129 cm³/mol. The van der Waals surface area contributed by atoms with E-state index in [1.807, 2.05) is 52.1 Å². The van der Waals surface area contributed by atoms with Crippen molar-refractivity contribution in [2.75, 3.05) is 13.2 Å². The van der Waals surface area contributed by atoms with E-state index in [9.17, 15) is 5.11 Å². The lowest BCUT2D eigenvalue weighted by molar-refractivity contribution is 0.0899. The number of benzene rings is 1. The second-order valence-electron chi connectivity index (χ2n) is 9.24. The molecular weight excluding hydrogens is 418 g/mol. The summed E-state index contributed by atoms with van der Waals surface area (Å²) in [6.07, 6.45) is 8.01. The van der Waals surface area contributed by atoms with Gasteiger partial charge in [-0.25, -0.2) is 9.97 Å². The Morgan fingerprint density at radius 1 is 1.09 bits per heavy atom. The van der Waals surface area contributed by atoms with E-state index in [0.29, 0.717) is 13.2 Å². The van der Waals surface area contributed by atoms with Crippen LogP contribution in [0.25, 0.3) is 22.3 Å². The van der Waals surface area contributed by atoms with Gasteiger partial charge in [-0.15, -0.1) is 0 Å². The highest BCUT2D eigenvalue weighted by Gasteiger charge is 2.17. The fraction of sp³-hybridized carbons (Fsp3) is 0.375. The molecule has 7 nitrogen and oxygen atoms in total. The first-order chi connectivity index (χ1) is 15.5. The summed E-state index contributed by atoms with van der Waals surface area (Å²) >= 11 is 0. The van der Waals surface area contributed by atoms with Crippen molar-refractivity contribution in [3.05, 3.63) is 66.9 Å². The van der Waals surface area contributed by atoms with Gasteiger partial charge in [-0.2, -0.15) is 5.10 Å². The van der Waals surface area contributed by atoms with Crippen molar-refractivity contribution >= 4 is 19.1 Å². The Balaban J connectivity index is 1.57. The Bertz CT molecular complexity index is 1150. The number of hydrogen-bond acceptors (Lipinski definition) is 5. The summed E-state index contributed by atoms with van der Waals surface area (Å²) in [5.41, 5.74) is 3.74. The molecule has 1 aromatic carbocycles. The third-order valence-corrected chi connectivity index (χ3v) is 7.27. The van der Waals surface area contributed by atoms with Crippen LogP contribution in [0.4, 0.5) is 0 Å². The van der Waals surface area contributed by atoms with Gasteiger partial charge >= 0.3 is 0 Å². The molecule has 0 aliphatic carbocycles. The lowest BCUT2D eigenvalue weighted by Crippen LogP contribution is -2.22. The van der Waals surface area contributed by atoms with Crippen molar-refractivity contribution in [1.82, 2.24) is 24.3 Å². The van der Waals surface area contributed by atoms with Crippen molar-refractivity contribution in [3.63, 3.8) is 0 Å². The molecule has 8 heteroatoms. The molecule has 0 radical (unpaired) electrons. The highest BCUT2D eigenvalue weighted by Crippen LogP contribution is 2.28. The van der Waals surface area contributed by atoms with E-state index in [-0.39, 0.29) is 12.6 Å². The molecular formula is C24H31N5O2Si. The van der Waals surface area contributed by atoms with E-state index >= 15 is 0 Å². The number of ether oxygens (including phenoxy) is 1. The van der Waals surface area contributed by atoms with Gasteiger partial charge in [0, 0.05) is 44.6 Å². The summed E-state index contributed by atoms with van der Waals surface area (Å²) < 4.78 is 9.85.